The molecule has 2 amide bonds. The van der Waals surface area contributed by atoms with Crippen molar-refractivity contribution in [3.8, 4) is 0 Å². The number of aliphatic hydroxyl groups is 1. The van der Waals surface area contributed by atoms with Gasteiger partial charge in [0.2, 0.25) is 5.91 Å². The monoisotopic (exact) mass is 461 g/mol. The van der Waals surface area contributed by atoms with E-state index in [0.29, 0.717) is 24.5 Å². The zero-order valence-corrected chi connectivity index (χ0v) is 19.9. The van der Waals surface area contributed by atoms with Gasteiger partial charge in [-0.1, -0.05) is 0 Å². The number of rotatable bonds is 4. The number of likely N-dealkylation sites (tertiary alicyclic amines) is 1. The SMILES string of the molecule is CC(C)OC(=O)N(C)c1ccc(N2CCC[C@@]3(CCN(C4CCC(O)CC4)C3=O)C2)c(F)c1. The molecule has 2 aliphatic heterocycles. The first kappa shape index (κ1) is 23.8. The van der Waals surface area contributed by atoms with E-state index in [1.807, 2.05) is 9.80 Å². The van der Waals surface area contributed by atoms with Crippen LogP contribution in [0.3, 0.4) is 0 Å². The molecule has 1 spiro atoms. The minimum absolute atomic E-state index is 0.196. The number of aliphatic hydroxyl groups excluding tert-OH is 1. The molecular weight excluding hydrogens is 425 g/mol. The van der Waals surface area contributed by atoms with Gasteiger partial charge in [0.15, 0.2) is 0 Å². The summed E-state index contributed by atoms with van der Waals surface area (Å²) in [4.78, 5) is 31.0. The van der Waals surface area contributed by atoms with Gasteiger partial charge in [-0.05, 0) is 77.0 Å². The van der Waals surface area contributed by atoms with Crippen LogP contribution in [0.2, 0.25) is 0 Å². The van der Waals surface area contributed by atoms with Crippen molar-refractivity contribution in [3.63, 3.8) is 0 Å². The van der Waals surface area contributed by atoms with E-state index in [-0.39, 0.29) is 24.2 Å². The molecule has 0 bridgehead atoms. The highest BCUT2D eigenvalue weighted by Crippen LogP contribution is 2.44. The quantitative estimate of drug-likeness (QED) is 0.736. The maximum absolute atomic E-state index is 15.2. The standard InChI is InChI=1S/C25H36FN3O4/c1-17(2)33-24(32)27(3)19-7-10-22(21(26)15-19)28-13-4-11-25(16-28)12-14-29(23(25)31)18-5-8-20(30)9-6-18/h7,10,15,17-18,20,30H,4-6,8-9,11-14,16H2,1-3H3/t18?,20?,25-/m1/s1. The number of carbonyl (C=O) groups is 2. The molecule has 2 saturated heterocycles. The lowest BCUT2D eigenvalue weighted by atomic mass is 9.78. The maximum Gasteiger partial charge on any atom is 0.414 e. The van der Waals surface area contributed by atoms with Crippen molar-refractivity contribution >= 4 is 23.4 Å². The molecule has 4 rings (SSSR count). The average molecular weight is 462 g/mol. The fourth-order valence-corrected chi connectivity index (χ4v) is 5.63. The lowest BCUT2D eigenvalue weighted by Gasteiger charge is -2.41. The van der Waals surface area contributed by atoms with Crippen LogP contribution in [-0.4, -0.2) is 66.9 Å². The highest BCUT2D eigenvalue weighted by Gasteiger charge is 2.50. The number of benzene rings is 1. The molecule has 3 aliphatic rings. The summed E-state index contributed by atoms with van der Waals surface area (Å²) in [5.41, 5.74) is 0.434. The Bertz CT molecular complexity index is 886. The molecule has 8 heteroatoms. The molecule has 7 nitrogen and oxygen atoms in total. The number of ether oxygens (including phenoxy) is 1. The second-order valence-electron chi connectivity index (χ2n) is 10.1. The fourth-order valence-electron chi connectivity index (χ4n) is 5.63. The van der Waals surface area contributed by atoms with Crippen LogP contribution in [0.1, 0.15) is 58.8 Å². The number of anilines is 2. The summed E-state index contributed by atoms with van der Waals surface area (Å²) in [6.07, 6.45) is 4.67. The van der Waals surface area contributed by atoms with Gasteiger partial charge >= 0.3 is 6.09 Å². The van der Waals surface area contributed by atoms with Crippen molar-refractivity contribution in [2.75, 3.05) is 36.5 Å². The summed E-state index contributed by atoms with van der Waals surface area (Å²) in [6.45, 7) is 5.50. The second-order valence-corrected chi connectivity index (χ2v) is 10.1. The van der Waals surface area contributed by atoms with Gasteiger partial charge in [-0.3, -0.25) is 9.69 Å². The molecule has 1 N–H and O–H groups in total. The lowest BCUT2D eigenvalue weighted by Crippen LogP contribution is -2.50. The Kier molecular flexibility index (Phi) is 6.84. The Hall–Kier alpha value is -2.35. The minimum Gasteiger partial charge on any atom is -0.446 e. The zero-order chi connectivity index (χ0) is 23.8. The molecule has 182 valence electrons. The van der Waals surface area contributed by atoms with Gasteiger partial charge < -0.3 is 19.6 Å². The van der Waals surface area contributed by atoms with E-state index in [1.54, 1.807) is 33.0 Å². The molecule has 1 aliphatic carbocycles. The molecule has 0 unspecified atom stereocenters. The predicted molar refractivity (Wildman–Crippen MR) is 125 cm³/mol. The number of piperidine rings is 1. The third-order valence-electron chi connectivity index (χ3n) is 7.50. The van der Waals surface area contributed by atoms with Crippen LogP contribution < -0.4 is 9.80 Å². The summed E-state index contributed by atoms with van der Waals surface area (Å²) in [5, 5.41) is 9.81. The number of halogens is 1. The van der Waals surface area contributed by atoms with E-state index in [9.17, 15) is 14.7 Å². The molecule has 33 heavy (non-hydrogen) atoms. The van der Waals surface area contributed by atoms with E-state index in [0.717, 1.165) is 51.5 Å². The Morgan fingerprint density at radius 3 is 2.61 bits per heavy atom. The van der Waals surface area contributed by atoms with Gasteiger partial charge in [-0.15, -0.1) is 0 Å². The predicted octanol–water partition coefficient (Wildman–Crippen LogP) is 3.93. The van der Waals surface area contributed by atoms with Crippen LogP contribution in [0, 0.1) is 11.2 Å². The topological polar surface area (TPSA) is 73.3 Å². The molecule has 0 aromatic heterocycles. The van der Waals surface area contributed by atoms with Crippen LogP contribution in [-0.2, 0) is 9.53 Å². The second kappa shape index (κ2) is 9.49. The van der Waals surface area contributed by atoms with Gasteiger partial charge in [0.1, 0.15) is 5.82 Å². The van der Waals surface area contributed by atoms with E-state index in [2.05, 4.69) is 0 Å². The highest BCUT2D eigenvalue weighted by molar-refractivity contribution is 5.88. The fraction of sp³-hybridized carbons (Fsp3) is 0.680. The zero-order valence-electron chi connectivity index (χ0n) is 19.9. The first-order valence-electron chi connectivity index (χ1n) is 12.2. The van der Waals surface area contributed by atoms with Gasteiger partial charge in [0, 0.05) is 38.4 Å². The first-order valence-corrected chi connectivity index (χ1v) is 12.2. The van der Waals surface area contributed by atoms with E-state index < -0.39 is 17.3 Å². The maximum atomic E-state index is 15.2. The number of hydrogen-bond acceptors (Lipinski definition) is 5. The summed E-state index contributed by atoms with van der Waals surface area (Å²) in [6, 6.07) is 4.99. The number of nitrogens with zero attached hydrogens (tertiary/aromatic N) is 3. The van der Waals surface area contributed by atoms with Crippen LogP contribution in [0.5, 0.6) is 0 Å². The molecule has 2 heterocycles. The van der Waals surface area contributed by atoms with Crippen LogP contribution in [0.4, 0.5) is 20.6 Å². The van der Waals surface area contributed by atoms with E-state index >= 15 is 4.39 Å². The minimum atomic E-state index is -0.527. The third kappa shape index (κ3) is 4.81. The van der Waals surface area contributed by atoms with Gasteiger partial charge in [0.05, 0.1) is 23.3 Å². The summed E-state index contributed by atoms with van der Waals surface area (Å²) < 4.78 is 20.4. The van der Waals surface area contributed by atoms with Crippen molar-refractivity contribution < 1.29 is 23.8 Å². The summed E-state index contributed by atoms with van der Waals surface area (Å²) >= 11 is 0. The molecule has 3 fully saturated rings. The Balaban J connectivity index is 1.46. The van der Waals surface area contributed by atoms with Crippen molar-refractivity contribution in [3.05, 3.63) is 24.0 Å². The van der Waals surface area contributed by atoms with Crippen molar-refractivity contribution in [2.45, 2.75) is 77.0 Å². The largest absolute Gasteiger partial charge is 0.446 e. The van der Waals surface area contributed by atoms with Crippen LogP contribution >= 0.6 is 0 Å². The van der Waals surface area contributed by atoms with Crippen LogP contribution in [0.25, 0.3) is 0 Å². The Morgan fingerprint density at radius 2 is 1.94 bits per heavy atom. The normalized spacial score (nSPS) is 28.0. The summed E-state index contributed by atoms with van der Waals surface area (Å²) in [7, 11) is 1.56. The van der Waals surface area contributed by atoms with Crippen LogP contribution in [0.15, 0.2) is 18.2 Å². The molecule has 0 radical (unpaired) electrons. The highest BCUT2D eigenvalue weighted by atomic mass is 19.1. The van der Waals surface area contributed by atoms with Gasteiger partial charge in [0.25, 0.3) is 0 Å². The number of hydrogen-bond donors (Lipinski definition) is 1. The Morgan fingerprint density at radius 1 is 1.21 bits per heavy atom. The smallest absolute Gasteiger partial charge is 0.414 e. The van der Waals surface area contributed by atoms with E-state index in [1.165, 1.54) is 11.0 Å². The number of amides is 2. The van der Waals surface area contributed by atoms with Gasteiger partial charge in [-0.2, -0.15) is 0 Å². The van der Waals surface area contributed by atoms with Crippen molar-refractivity contribution in [1.29, 1.82) is 0 Å². The van der Waals surface area contributed by atoms with Crippen molar-refractivity contribution in [2.24, 2.45) is 5.41 Å². The number of carbonyl (C=O) groups excluding carboxylic acids is 2. The molecule has 1 atom stereocenters. The molecule has 1 aromatic rings. The molecule has 1 saturated carbocycles. The summed E-state index contributed by atoms with van der Waals surface area (Å²) in [5.74, 6) is -0.209. The average Bonchev–Trinajstić information content (AvgIpc) is 3.08. The third-order valence-corrected chi connectivity index (χ3v) is 7.50. The van der Waals surface area contributed by atoms with Gasteiger partial charge in [-0.25, -0.2) is 9.18 Å². The molecule has 1 aromatic carbocycles. The van der Waals surface area contributed by atoms with Crippen molar-refractivity contribution in [1.82, 2.24) is 4.90 Å². The van der Waals surface area contributed by atoms with E-state index in [4.69, 9.17) is 4.74 Å². The lowest BCUT2D eigenvalue weighted by molar-refractivity contribution is -0.139. The first-order chi connectivity index (χ1) is 15.7. The molecular formula is C25H36FN3O4. The Labute approximate surface area is 195 Å².